The first-order chi connectivity index (χ1) is 17.0. The van der Waals surface area contributed by atoms with Crippen LogP contribution in [0.1, 0.15) is 49.9 Å². The van der Waals surface area contributed by atoms with E-state index in [4.69, 9.17) is 9.26 Å². The zero-order chi connectivity index (χ0) is 26.0. The van der Waals surface area contributed by atoms with Gasteiger partial charge in [-0.1, -0.05) is 17.3 Å². The lowest BCUT2D eigenvalue weighted by Crippen LogP contribution is -2.24. The van der Waals surface area contributed by atoms with Crippen LogP contribution in [0, 0.1) is 27.7 Å². The van der Waals surface area contributed by atoms with Gasteiger partial charge in [0.05, 0.1) is 28.2 Å². The van der Waals surface area contributed by atoms with Gasteiger partial charge in [0, 0.05) is 17.8 Å². The topological polar surface area (TPSA) is 82.2 Å². The Morgan fingerprint density at radius 2 is 1.86 bits per heavy atom. The fraction of sp³-hybridized carbons (Fsp3) is 0.269. The SMILES string of the molecule is Cc1cc(C)n(-c2ccc(CNC(=O)c3cccc(OCc4c(C)noc4C)c3)c(C(F)(F)F)c2)n1. The van der Waals surface area contributed by atoms with E-state index in [9.17, 15) is 18.0 Å². The summed E-state index contributed by atoms with van der Waals surface area (Å²) in [7, 11) is 0. The molecule has 0 aliphatic carbocycles. The molecule has 0 spiro atoms. The Kier molecular flexibility index (Phi) is 6.87. The lowest BCUT2D eigenvalue weighted by Gasteiger charge is -2.16. The van der Waals surface area contributed by atoms with Gasteiger partial charge in [-0.2, -0.15) is 18.3 Å². The second kappa shape index (κ2) is 9.88. The van der Waals surface area contributed by atoms with E-state index in [0.717, 1.165) is 17.3 Å². The third kappa shape index (κ3) is 5.42. The van der Waals surface area contributed by atoms with Gasteiger partial charge < -0.3 is 14.6 Å². The maximum absolute atomic E-state index is 13.8. The van der Waals surface area contributed by atoms with Gasteiger partial charge in [0.1, 0.15) is 18.1 Å². The number of ether oxygens (including phenoxy) is 1. The molecule has 0 bridgehead atoms. The second-order valence-electron chi connectivity index (χ2n) is 8.48. The van der Waals surface area contributed by atoms with Gasteiger partial charge in [-0.25, -0.2) is 4.68 Å². The first kappa shape index (κ1) is 25.0. The Hall–Kier alpha value is -4.08. The molecule has 0 aliphatic rings. The normalized spacial score (nSPS) is 11.5. The van der Waals surface area contributed by atoms with Crippen molar-refractivity contribution in [2.45, 2.75) is 47.0 Å². The van der Waals surface area contributed by atoms with Crippen LogP contribution in [0.2, 0.25) is 0 Å². The van der Waals surface area contributed by atoms with Crippen LogP contribution >= 0.6 is 0 Å². The molecule has 10 heteroatoms. The minimum atomic E-state index is -4.60. The van der Waals surface area contributed by atoms with Crippen molar-refractivity contribution in [2.75, 3.05) is 0 Å². The maximum atomic E-state index is 13.8. The van der Waals surface area contributed by atoms with Gasteiger partial charge in [-0.15, -0.1) is 0 Å². The molecule has 1 N–H and O–H groups in total. The Bertz CT molecular complexity index is 1390. The van der Waals surface area contributed by atoms with Crippen LogP contribution in [-0.2, 0) is 19.3 Å². The molecule has 2 aromatic carbocycles. The van der Waals surface area contributed by atoms with E-state index >= 15 is 0 Å². The first-order valence-corrected chi connectivity index (χ1v) is 11.2. The highest BCUT2D eigenvalue weighted by molar-refractivity contribution is 5.94. The zero-order valence-electron chi connectivity index (χ0n) is 20.2. The number of hydrogen-bond donors (Lipinski definition) is 1. The largest absolute Gasteiger partial charge is 0.489 e. The van der Waals surface area contributed by atoms with Crippen LogP contribution in [0.25, 0.3) is 5.69 Å². The lowest BCUT2D eigenvalue weighted by molar-refractivity contribution is -0.138. The highest BCUT2D eigenvalue weighted by atomic mass is 19.4. The van der Waals surface area contributed by atoms with Crippen molar-refractivity contribution in [1.29, 1.82) is 0 Å². The Balaban J connectivity index is 1.48. The number of carbonyl (C=O) groups is 1. The fourth-order valence-electron chi connectivity index (χ4n) is 3.87. The fourth-order valence-corrected chi connectivity index (χ4v) is 3.87. The van der Waals surface area contributed by atoms with E-state index in [1.807, 2.05) is 0 Å². The van der Waals surface area contributed by atoms with Gasteiger partial charge in [0.15, 0.2) is 0 Å². The van der Waals surface area contributed by atoms with Gasteiger partial charge in [0.25, 0.3) is 5.91 Å². The number of amides is 1. The molecule has 188 valence electrons. The number of hydrogen-bond acceptors (Lipinski definition) is 5. The lowest BCUT2D eigenvalue weighted by atomic mass is 10.1. The number of rotatable bonds is 7. The molecule has 0 radical (unpaired) electrons. The molecule has 2 heterocycles. The van der Waals surface area contributed by atoms with Crippen LogP contribution in [0.5, 0.6) is 5.75 Å². The summed E-state index contributed by atoms with van der Waals surface area (Å²) in [5.74, 6) is 0.562. The number of halogens is 3. The van der Waals surface area contributed by atoms with E-state index in [-0.39, 0.29) is 24.3 Å². The third-order valence-corrected chi connectivity index (χ3v) is 5.75. The monoisotopic (exact) mass is 498 g/mol. The molecule has 0 saturated carbocycles. The highest BCUT2D eigenvalue weighted by Crippen LogP contribution is 2.34. The van der Waals surface area contributed by atoms with Crippen molar-refractivity contribution in [3.05, 3.63) is 93.6 Å². The summed E-state index contributed by atoms with van der Waals surface area (Å²) >= 11 is 0. The van der Waals surface area contributed by atoms with Crippen molar-refractivity contribution >= 4 is 5.91 Å². The van der Waals surface area contributed by atoms with Gasteiger partial charge in [0.2, 0.25) is 0 Å². The molecule has 0 unspecified atom stereocenters. The van der Waals surface area contributed by atoms with E-state index in [1.165, 1.54) is 16.8 Å². The van der Waals surface area contributed by atoms with Gasteiger partial charge >= 0.3 is 6.18 Å². The summed E-state index contributed by atoms with van der Waals surface area (Å²) in [6.45, 7) is 7.04. The molecule has 4 rings (SSSR count). The van der Waals surface area contributed by atoms with E-state index in [0.29, 0.717) is 28.6 Å². The molecule has 0 atom stereocenters. The molecule has 1 amide bonds. The Morgan fingerprint density at radius 3 is 2.50 bits per heavy atom. The van der Waals surface area contributed by atoms with Crippen molar-refractivity contribution in [3.8, 4) is 11.4 Å². The minimum Gasteiger partial charge on any atom is -0.489 e. The van der Waals surface area contributed by atoms with Crippen molar-refractivity contribution in [2.24, 2.45) is 0 Å². The van der Waals surface area contributed by atoms with Gasteiger partial charge in [-0.05, 0) is 69.7 Å². The number of aryl methyl sites for hydroxylation is 4. The third-order valence-electron chi connectivity index (χ3n) is 5.75. The van der Waals surface area contributed by atoms with Crippen molar-refractivity contribution < 1.29 is 27.2 Å². The number of nitrogens with zero attached hydrogens (tertiary/aromatic N) is 3. The van der Waals surface area contributed by atoms with Crippen LogP contribution in [-0.4, -0.2) is 20.8 Å². The Labute approximate surface area is 205 Å². The standard InChI is InChI=1S/C26H25F3N4O3/c1-15-10-16(2)33(31-15)21-9-8-20(24(12-21)26(27,28)29)13-30-25(34)19-6-5-7-22(11-19)35-14-23-17(3)32-36-18(23)4/h5-12H,13-14H2,1-4H3,(H,30,34). The van der Waals surface area contributed by atoms with Crippen LogP contribution in [0.15, 0.2) is 53.1 Å². The van der Waals surface area contributed by atoms with E-state index in [2.05, 4.69) is 15.6 Å². The first-order valence-electron chi connectivity index (χ1n) is 11.2. The summed E-state index contributed by atoms with van der Waals surface area (Å²) in [5.41, 5.74) is 2.63. The molecule has 36 heavy (non-hydrogen) atoms. The van der Waals surface area contributed by atoms with E-state index in [1.54, 1.807) is 58.0 Å². The zero-order valence-corrected chi connectivity index (χ0v) is 20.2. The smallest absolute Gasteiger partial charge is 0.416 e. The molecule has 0 aliphatic heterocycles. The number of benzene rings is 2. The van der Waals surface area contributed by atoms with Crippen molar-refractivity contribution in [3.63, 3.8) is 0 Å². The predicted molar refractivity (Wildman–Crippen MR) is 126 cm³/mol. The van der Waals surface area contributed by atoms with Crippen molar-refractivity contribution in [1.82, 2.24) is 20.3 Å². The molecular weight excluding hydrogens is 473 g/mol. The summed E-state index contributed by atoms with van der Waals surface area (Å²) in [4.78, 5) is 12.7. The molecule has 0 fully saturated rings. The van der Waals surface area contributed by atoms with Gasteiger partial charge in [-0.3, -0.25) is 4.79 Å². The molecule has 2 aromatic heterocycles. The quantitative estimate of drug-likeness (QED) is 0.358. The van der Waals surface area contributed by atoms with Crippen LogP contribution in [0.4, 0.5) is 13.2 Å². The number of alkyl halides is 3. The summed E-state index contributed by atoms with van der Waals surface area (Å²) < 4.78 is 53.8. The average molecular weight is 499 g/mol. The average Bonchev–Trinajstić information content (AvgIpc) is 3.34. The summed E-state index contributed by atoms with van der Waals surface area (Å²) in [6, 6.07) is 12.2. The summed E-state index contributed by atoms with van der Waals surface area (Å²) in [6.07, 6.45) is -4.60. The molecule has 7 nitrogen and oxygen atoms in total. The maximum Gasteiger partial charge on any atom is 0.416 e. The highest BCUT2D eigenvalue weighted by Gasteiger charge is 2.34. The number of aromatic nitrogens is 3. The Morgan fingerprint density at radius 1 is 1.08 bits per heavy atom. The summed E-state index contributed by atoms with van der Waals surface area (Å²) in [5, 5.41) is 10.7. The molecular formula is C26H25F3N4O3. The minimum absolute atomic E-state index is 0.0491. The van der Waals surface area contributed by atoms with Crippen LogP contribution in [0.3, 0.4) is 0 Å². The molecule has 4 aromatic rings. The molecule has 0 saturated heterocycles. The number of nitrogens with one attached hydrogen (secondary N) is 1. The number of carbonyl (C=O) groups excluding carboxylic acids is 1. The van der Waals surface area contributed by atoms with E-state index < -0.39 is 17.6 Å². The predicted octanol–water partition coefficient (Wildman–Crippen LogP) is 5.62. The van der Waals surface area contributed by atoms with Crippen LogP contribution < -0.4 is 10.1 Å². The second-order valence-corrected chi connectivity index (χ2v) is 8.48.